The maximum absolute atomic E-state index is 11.0. The highest BCUT2D eigenvalue weighted by Gasteiger charge is 2.01. The number of benzene rings is 2. The van der Waals surface area contributed by atoms with Crippen LogP contribution in [0.3, 0.4) is 0 Å². The van der Waals surface area contributed by atoms with E-state index in [1.165, 1.54) is 7.11 Å². The number of ether oxygens (including phenoxy) is 3. The Balaban J connectivity index is 1.82. The zero-order chi connectivity index (χ0) is 17.2. The van der Waals surface area contributed by atoms with Crippen molar-refractivity contribution >= 4 is 12.2 Å². The zero-order valence-corrected chi connectivity index (χ0v) is 13.7. The maximum atomic E-state index is 11.0. The van der Waals surface area contributed by atoms with Gasteiger partial charge >= 0.3 is 5.97 Å². The summed E-state index contributed by atoms with van der Waals surface area (Å²) in [5.41, 5.74) is 4.93. The molecule has 0 aromatic heterocycles. The topological polar surface area (TPSA) is 69.2 Å². The largest absolute Gasteiger partial charge is 0.496 e. The van der Waals surface area contributed by atoms with Gasteiger partial charge in [0, 0.05) is 5.56 Å². The lowest BCUT2D eigenvalue weighted by Gasteiger charge is -2.07. The number of rotatable bonds is 8. The van der Waals surface area contributed by atoms with Crippen molar-refractivity contribution < 1.29 is 19.0 Å². The number of hydrogen-bond donors (Lipinski definition) is 1. The summed E-state index contributed by atoms with van der Waals surface area (Å²) < 4.78 is 15.1. The molecule has 0 aliphatic rings. The monoisotopic (exact) mass is 328 g/mol. The van der Waals surface area contributed by atoms with Crippen LogP contribution in [0.25, 0.3) is 0 Å². The molecule has 2 aromatic rings. The van der Waals surface area contributed by atoms with E-state index in [9.17, 15) is 4.79 Å². The van der Waals surface area contributed by atoms with Gasteiger partial charge in [0.1, 0.15) is 11.5 Å². The van der Waals surface area contributed by atoms with Crippen molar-refractivity contribution in [3.63, 3.8) is 0 Å². The van der Waals surface area contributed by atoms with Crippen LogP contribution < -0.4 is 14.9 Å². The van der Waals surface area contributed by atoms with E-state index in [0.29, 0.717) is 12.3 Å². The maximum Gasteiger partial charge on any atom is 0.343 e. The Labute approximate surface area is 141 Å². The fourth-order valence-corrected chi connectivity index (χ4v) is 1.95. The molecule has 6 nitrogen and oxygen atoms in total. The summed E-state index contributed by atoms with van der Waals surface area (Å²) in [6.45, 7) is 0.464. The first-order valence-electron chi connectivity index (χ1n) is 7.40. The number of carbonyl (C=O) groups is 1. The van der Waals surface area contributed by atoms with Gasteiger partial charge < -0.3 is 19.6 Å². The minimum atomic E-state index is -0.416. The molecule has 0 unspecified atom stereocenters. The fourth-order valence-electron chi connectivity index (χ4n) is 1.95. The molecule has 0 amide bonds. The average molecular weight is 328 g/mol. The summed E-state index contributed by atoms with van der Waals surface area (Å²) in [5, 5.41) is 4.18. The van der Waals surface area contributed by atoms with E-state index in [2.05, 4.69) is 15.3 Å². The van der Waals surface area contributed by atoms with Gasteiger partial charge in [-0.1, -0.05) is 18.2 Å². The van der Waals surface area contributed by atoms with Crippen LogP contribution >= 0.6 is 0 Å². The second-order valence-electron chi connectivity index (χ2n) is 4.84. The molecule has 0 saturated carbocycles. The van der Waals surface area contributed by atoms with Crippen LogP contribution in [0.2, 0.25) is 0 Å². The molecule has 0 spiro atoms. The molecule has 0 bridgehead atoms. The predicted octanol–water partition coefficient (Wildman–Crippen LogP) is 2.37. The molecule has 0 saturated heterocycles. The van der Waals surface area contributed by atoms with Crippen LogP contribution in [0.4, 0.5) is 0 Å². The summed E-state index contributed by atoms with van der Waals surface area (Å²) in [5.74, 6) is 1.01. The third-order valence-electron chi connectivity index (χ3n) is 3.23. The Morgan fingerprint density at radius 2 is 1.88 bits per heavy atom. The Hall–Kier alpha value is -3.02. The number of methoxy groups -OCH3 is 2. The molecule has 1 N–H and O–H groups in total. The normalized spacial score (nSPS) is 10.4. The molecule has 0 radical (unpaired) electrons. The average Bonchev–Trinajstić information content (AvgIpc) is 2.64. The van der Waals surface area contributed by atoms with E-state index in [1.54, 1.807) is 25.5 Å². The molecule has 0 fully saturated rings. The Morgan fingerprint density at radius 1 is 1.12 bits per heavy atom. The number of hydrogen-bond acceptors (Lipinski definition) is 6. The lowest BCUT2D eigenvalue weighted by atomic mass is 10.2. The fraction of sp³-hybridized carbons (Fsp3) is 0.222. The van der Waals surface area contributed by atoms with Crippen molar-refractivity contribution in [2.24, 2.45) is 5.10 Å². The van der Waals surface area contributed by atoms with Gasteiger partial charge in [-0.2, -0.15) is 5.10 Å². The van der Waals surface area contributed by atoms with Crippen molar-refractivity contribution in [2.75, 3.05) is 20.8 Å². The predicted molar refractivity (Wildman–Crippen MR) is 91.4 cm³/mol. The van der Waals surface area contributed by atoms with Crippen molar-refractivity contribution in [1.82, 2.24) is 5.43 Å². The van der Waals surface area contributed by atoms with Crippen LogP contribution in [-0.2, 0) is 16.1 Å². The third-order valence-corrected chi connectivity index (χ3v) is 3.23. The molecule has 0 aliphatic carbocycles. The number of carbonyl (C=O) groups excluding carboxylic acids is 1. The highest BCUT2D eigenvalue weighted by molar-refractivity contribution is 5.79. The molecular weight excluding hydrogens is 308 g/mol. The number of nitrogens with one attached hydrogen (secondary N) is 1. The van der Waals surface area contributed by atoms with Crippen molar-refractivity contribution in [3.8, 4) is 11.5 Å². The van der Waals surface area contributed by atoms with Gasteiger partial charge in [0.05, 0.1) is 27.0 Å². The van der Waals surface area contributed by atoms with Crippen molar-refractivity contribution in [2.45, 2.75) is 6.54 Å². The highest BCUT2D eigenvalue weighted by Crippen LogP contribution is 2.16. The summed E-state index contributed by atoms with van der Waals surface area (Å²) in [4.78, 5) is 11.0. The Kier molecular flexibility index (Phi) is 6.64. The zero-order valence-electron chi connectivity index (χ0n) is 13.7. The molecule has 0 aliphatic heterocycles. The Morgan fingerprint density at radius 3 is 2.58 bits per heavy atom. The van der Waals surface area contributed by atoms with Gasteiger partial charge in [0.15, 0.2) is 6.61 Å². The lowest BCUT2D eigenvalue weighted by molar-refractivity contribution is -0.142. The SMILES string of the molecule is COC(=O)COc1ccc(/C=N/NCc2ccccc2OC)cc1. The van der Waals surface area contributed by atoms with Crippen molar-refractivity contribution in [1.29, 1.82) is 0 Å². The number of nitrogens with zero attached hydrogens (tertiary/aromatic N) is 1. The van der Waals surface area contributed by atoms with E-state index < -0.39 is 5.97 Å². The first kappa shape index (κ1) is 17.3. The summed E-state index contributed by atoms with van der Waals surface area (Å²) >= 11 is 0. The minimum absolute atomic E-state index is 0.107. The second-order valence-corrected chi connectivity index (χ2v) is 4.84. The number of hydrazone groups is 1. The smallest absolute Gasteiger partial charge is 0.343 e. The van der Waals surface area contributed by atoms with Crippen LogP contribution in [0.5, 0.6) is 11.5 Å². The lowest BCUT2D eigenvalue weighted by Crippen LogP contribution is -2.12. The molecule has 24 heavy (non-hydrogen) atoms. The van der Waals surface area contributed by atoms with E-state index in [0.717, 1.165) is 16.9 Å². The quantitative estimate of drug-likeness (QED) is 0.458. The summed E-state index contributed by atoms with van der Waals surface area (Å²) in [7, 11) is 2.97. The van der Waals surface area contributed by atoms with Gasteiger partial charge in [-0.3, -0.25) is 0 Å². The van der Waals surface area contributed by atoms with Gasteiger partial charge in [-0.15, -0.1) is 0 Å². The van der Waals surface area contributed by atoms with Gasteiger partial charge in [-0.05, 0) is 35.9 Å². The van der Waals surface area contributed by atoms with Crippen LogP contribution in [0.1, 0.15) is 11.1 Å². The van der Waals surface area contributed by atoms with Crippen LogP contribution in [0, 0.1) is 0 Å². The third kappa shape index (κ3) is 5.31. The summed E-state index contributed by atoms with van der Waals surface area (Å²) in [6, 6.07) is 15.0. The van der Waals surface area contributed by atoms with Gasteiger partial charge in [-0.25, -0.2) is 4.79 Å². The molecule has 0 heterocycles. The van der Waals surface area contributed by atoms with E-state index in [-0.39, 0.29) is 6.61 Å². The second kappa shape index (κ2) is 9.19. The van der Waals surface area contributed by atoms with Crippen LogP contribution in [0.15, 0.2) is 53.6 Å². The minimum Gasteiger partial charge on any atom is -0.496 e. The van der Waals surface area contributed by atoms with Gasteiger partial charge in [0.25, 0.3) is 0 Å². The van der Waals surface area contributed by atoms with Gasteiger partial charge in [0.2, 0.25) is 0 Å². The molecule has 6 heteroatoms. The van der Waals surface area contributed by atoms with Crippen LogP contribution in [-0.4, -0.2) is 33.0 Å². The first-order chi connectivity index (χ1) is 11.7. The first-order valence-corrected chi connectivity index (χ1v) is 7.40. The van der Waals surface area contributed by atoms with Crippen molar-refractivity contribution in [3.05, 3.63) is 59.7 Å². The molecular formula is C18H20N2O4. The molecule has 2 aromatic carbocycles. The molecule has 126 valence electrons. The standard InChI is InChI=1S/C18H20N2O4/c1-22-17-6-4-3-5-15(17)12-20-19-11-14-7-9-16(10-8-14)24-13-18(21)23-2/h3-11,20H,12-13H2,1-2H3/b19-11+. The molecule has 0 atom stereocenters. The Bertz CT molecular complexity index is 684. The van der Waals surface area contributed by atoms with E-state index in [1.807, 2.05) is 36.4 Å². The van der Waals surface area contributed by atoms with E-state index in [4.69, 9.17) is 9.47 Å². The number of para-hydroxylation sites is 1. The van der Waals surface area contributed by atoms with E-state index >= 15 is 0 Å². The summed E-state index contributed by atoms with van der Waals surface area (Å²) in [6.07, 6.45) is 1.71. The molecule has 2 rings (SSSR count). The highest BCUT2D eigenvalue weighted by atomic mass is 16.6. The number of esters is 1.